The molecule has 1 spiro atoms. The number of likely N-dealkylation sites (N-methyl/N-ethyl adjacent to an activating group) is 1. The fourth-order valence-corrected chi connectivity index (χ4v) is 3.88. The molecule has 2 aromatic rings. The van der Waals surface area contributed by atoms with Crippen LogP contribution in [0.2, 0.25) is 0 Å². The smallest absolute Gasteiger partial charge is 0.344 e. The lowest BCUT2D eigenvalue weighted by Gasteiger charge is -2.34. The van der Waals surface area contributed by atoms with Crippen molar-refractivity contribution in [1.82, 2.24) is 0 Å². The predicted molar refractivity (Wildman–Crippen MR) is 94.2 cm³/mol. The molecule has 0 saturated carbocycles. The summed E-state index contributed by atoms with van der Waals surface area (Å²) in [6.07, 6.45) is 0. The summed E-state index contributed by atoms with van der Waals surface area (Å²) in [5.41, 5.74) is 4.11. The normalized spacial score (nSPS) is 20.4. The molecule has 0 unspecified atom stereocenters. The van der Waals surface area contributed by atoms with E-state index in [0.717, 1.165) is 0 Å². The topological polar surface area (TPSA) is 112 Å². The number of rotatable bonds is 1. The van der Waals surface area contributed by atoms with Crippen molar-refractivity contribution in [2.24, 2.45) is 5.73 Å². The summed E-state index contributed by atoms with van der Waals surface area (Å²) in [5.74, 6) is -1.32. The first kappa shape index (κ1) is 16.9. The van der Waals surface area contributed by atoms with Crippen molar-refractivity contribution >= 4 is 17.6 Å². The van der Waals surface area contributed by atoms with Gasteiger partial charge in [-0.15, -0.1) is 0 Å². The number of ether oxygens (including phenoxy) is 2. The van der Waals surface area contributed by atoms with Crippen molar-refractivity contribution in [2.75, 3.05) is 19.1 Å². The zero-order valence-electron chi connectivity index (χ0n) is 14.9. The van der Waals surface area contributed by atoms with E-state index < -0.39 is 22.9 Å². The van der Waals surface area contributed by atoms with Gasteiger partial charge >= 0.3 is 11.6 Å². The highest BCUT2D eigenvalue weighted by Crippen LogP contribution is 2.54. The van der Waals surface area contributed by atoms with E-state index in [1.54, 1.807) is 38.2 Å². The van der Waals surface area contributed by atoms with Crippen molar-refractivity contribution in [3.05, 3.63) is 69.1 Å². The van der Waals surface area contributed by atoms with Crippen LogP contribution in [0.25, 0.3) is 0 Å². The first-order chi connectivity index (χ1) is 12.8. The minimum atomic E-state index is -1.80. The number of carbonyl (C=O) groups is 2. The third-order valence-electron chi connectivity index (χ3n) is 4.94. The van der Waals surface area contributed by atoms with Crippen molar-refractivity contribution in [1.29, 1.82) is 0 Å². The Balaban J connectivity index is 2.22. The highest BCUT2D eigenvalue weighted by Gasteiger charge is 2.62. The molecule has 0 fully saturated rings. The summed E-state index contributed by atoms with van der Waals surface area (Å²) in [4.78, 5) is 40.4. The van der Waals surface area contributed by atoms with Gasteiger partial charge in [0.1, 0.15) is 28.1 Å². The second-order valence-corrected chi connectivity index (χ2v) is 6.35. The van der Waals surface area contributed by atoms with E-state index >= 15 is 0 Å². The average Bonchev–Trinajstić information content (AvgIpc) is 2.84. The van der Waals surface area contributed by atoms with E-state index in [4.69, 9.17) is 19.6 Å². The van der Waals surface area contributed by atoms with E-state index in [9.17, 15) is 14.4 Å². The monoisotopic (exact) mass is 368 g/mol. The molecule has 2 N–H and O–H groups in total. The van der Waals surface area contributed by atoms with Crippen LogP contribution in [0.1, 0.15) is 16.9 Å². The van der Waals surface area contributed by atoms with Crippen molar-refractivity contribution in [3.8, 4) is 5.75 Å². The Hall–Kier alpha value is -3.55. The third-order valence-corrected chi connectivity index (χ3v) is 4.94. The maximum Gasteiger partial charge on any atom is 0.344 e. The molecule has 2 aliphatic heterocycles. The summed E-state index contributed by atoms with van der Waals surface area (Å²) in [6.45, 7) is 1.57. The highest BCUT2D eigenvalue weighted by atomic mass is 16.5. The van der Waals surface area contributed by atoms with Crippen LogP contribution in [0.4, 0.5) is 5.69 Å². The molecule has 1 amide bonds. The number of carbonyl (C=O) groups excluding carboxylic acids is 2. The van der Waals surface area contributed by atoms with Gasteiger partial charge in [-0.2, -0.15) is 0 Å². The molecule has 27 heavy (non-hydrogen) atoms. The van der Waals surface area contributed by atoms with E-state index in [1.807, 2.05) is 0 Å². The number of methoxy groups -OCH3 is 1. The summed E-state index contributed by atoms with van der Waals surface area (Å²) < 4.78 is 15.6. The fourth-order valence-electron chi connectivity index (χ4n) is 3.88. The van der Waals surface area contributed by atoms with Crippen LogP contribution in [0.3, 0.4) is 0 Å². The van der Waals surface area contributed by atoms with E-state index in [0.29, 0.717) is 11.3 Å². The van der Waals surface area contributed by atoms with Crippen LogP contribution in [-0.4, -0.2) is 26.0 Å². The largest absolute Gasteiger partial charge is 0.465 e. The number of nitrogens with zero attached hydrogens (tertiary/aromatic N) is 1. The van der Waals surface area contributed by atoms with Gasteiger partial charge in [0.05, 0.1) is 7.11 Å². The lowest BCUT2D eigenvalue weighted by atomic mass is 9.69. The molecule has 1 aromatic heterocycles. The molecule has 2 aliphatic rings. The molecule has 1 aromatic carbocycles. The number of para-hydroxylation sites is 1. The number of nitrogens with two attached hydrogens (primary N) is 1. The Kier molecular flexibility index (Phi) is 3.42. The Morgan fingerprint density at radius 2 is 1.96 bits per heavy atom. The van der Waals surface area contributed by atoms with Crippen LogP contribution >= 0.6 is 0 Å². The molecule has 0 radical (unpaired) electrons. The van der Waals surface area contributed by atoms with Gasteiger partial charge in [-0.05, 0) is 13.0 Å². The number of amides is 1. The second kappa shape index (κ2) is 5.47. The zero-order valence-corrected chi connectivity index (χ0v) is 14.9. The van der Waals surface area contributed by atoms with E-state index in [1.165, 1.54) is 18.1 Å². The molecule has 4 rings (SSSR count). The van der Waals surface area contributed by atoms with Gasteiger partial charge in [0.15, 0.2) is 0 Å². The fraction of sp³-hybridized carbons (Fsp3) is 0.211. The van der Waals surface area contributed by atoms with Gasteiger partial charge in [-0.1, -0.05) is 18.2 Å². The molecule has 8 heteroatoms. The summed E-state index contributed by atoms with van der Waals surface area (Å²) in [7, 11) is 2.73. The van der Waals surface area contributed by atoms with Crippen molar-refractivity contribution in [2.45, 2.75) is 12.3 Å². The predicted octanol–water partition coefficient (Wildman–Crippen LogP) is 0.946. The number of anilines is 1. The average molecular weight is 368 g/mol. The van der Waals surface area contributed by atoms with Crippen LogP contribution in [0.15, 0.2) is 51.0 Å². The number of hydrogen-bond acceptors (Lipinski definition) is 7. The molecule has 0 aliphatic carbocycles. The van der Waals surface area contributed by atoms with Gasteiger partial charge in [0.2, 0.25) is 11.8 Å². The van der Waals surface area contributed by atoms with Crippen LogP contribution < -0.4 is 21.0 Å². The van der Waals surface area contributed by atoms with Crippen LogP contribution in [0, 0.1) is 6.92 Å². The second-order valence-electron chi connectivity index (χ2n) is 6.35. The first-order valence-electron chi connectivity index (χ1n) is 8.13. The first-order valence-corrected chi connectivity index (χ1v) is 8.13. The van der Waals surface area contributed by atoms with Gasteiger partial charge < -0.3 is 24.5 Å². The summed E-state index contributed by atoms with van der Waals surface area (Å²) in [5, 5.41) is 0. The molecular formula is C19H16N2O6. The van der Waals surface area contributed by atoms with Crippen LogP contribution in [-0.2, 0) is 19.7 Å². The number of esters is 1. The molecular weight excluding hydrogens is 352 g/mol. The molecule has 1 atom stereocenters. The van der Waals surface area contributed by atoms with Crippen LogP contribution in [0.5, 0.6) is 5.75 Å². The Morgan fingerprint density at radius 3 is 2.67 bits per heavy atom. The number of aryl methyl sites for hydroxylation is 1. The molecule has 138 valence electrons. The standard InChI is InChI=1S/C19H16N2O6/c1-9-8-12-13(17(23)26-9)19(14(15(20)27-12)16(22)25-3)10-6-4-5-7-11(10)21(2)18(19)24/h4-8H,20H2,1-3H3/t19-/m0/s1. The van der Waals surface area contributed by atoms with Gasteiger partial charge in [0.25, 0.3) is 0 Å². The minimum absolute atomic E-state index is 0.0763. The molecule has 8 nitrogen and oxygen atoms in total. The molecule has 0 saturated heterocycles. The SMILES string of the molecule is COC(=O)C1=C(N)Oc2cc(C)oc(=O)c2[C@]12C(=O)N(C)c1ccccc12. The van der Waals surface area contributed by atoms with Crippen molar-refractivity contribution in [3.63, 3.8) is 0 Å². The van der Waals surface area contributed by atoms with Gasteiger partial charge in [-0.25, -0.2) is 9.59 Å². The van der Waals surface area contributed by atoms with Crippen molar-refractivity contribution < 1.29 is 23.5 Å². The maximum absolute atomic E-state index is 13.5. The number of benzene rings is 1. The third kappa shape index (κ3) is 1.95. The molecule has 3 heterocycles. The van der Waals surface area contributed by atoms with E-state index in [-0.39, 0.29) is 28.5 Å². The van der Waals surface area contributed by atoms with Gasteiger partial charge in [-0.3, -0.25) is 4.79 Å². The maximum atomic E-state index is 13.5. The number of fused-ring (bicyclic) bond motifs is 4. The highest BCUT2D eigenvalue weighted by molar-refractivity contribution is 6.18. The molecule has 0 bridgehead atoms. The quantitative estimate of drug-likeness (QED) is 0.746. The minimum Gasteiger partial charge on any atom is -0.465 e. The number of hydrogen-bond donors (Lipinski definition) is 1. The van der Waals surface area contributed by atoms with E-state index in [2.05, 4.69) is 0 Å². The summed E-state index contributed by atoms with van der Waals surface area (Å²) in [6, 6.07) is 8.32. The lowest BCUT2D eigenvalue weighted by Crippen LogP contribution is -2.50. The Bertz CT molecular complexity index is 1100. The zero-order chi connectivity index (χ0) is 19.5. The Labute approximate surface area is 153 Å². The lowest BCUT2D eigenvalue weighted by molar-refractivity contribution is -0.138. The van der Waals surface area contributed by atoms with Gasteiger partial charge in [0, 0.05) is 24.4 Å². The summed E-state index contributed by atoms with van der Waals surface area (Å²) >= 11 is 0. The Morgan fingerprint density at radius 1 is 1.26 bits per heavy atom.